The number of thiazole rings is 2. The Hall–Kier alpha value is -5.18. The van der Waals surface area contributed by atoms with E-state index in [2.05, 4.69) is 182 Å². The van der Waals surface area contributed by atoms with Crippen LogP contribution in [-0.2, 0) is 13.1 Å². The molecule has 1 aliphatic heterocycles. The SMILES string of the molecule is CCN1C(=CC(c2ccccc2)=c2s/c(=C/c3sc(-c4ccccc4)c(-c4ccccc4)[n+]3CC)n(CC)c2=O)Sc2cc(/C=C/c3ccccc3)ccc21.[Cl-]. The van der Waals surface area contributed by atoms with Crippen molar-refractivity contribution in [3.63, 3.8) is 0 Å². The highest BCUT2D eigenvalue weighted by molar-refractivity contribution is 8.03. The summed E-state index contributed by atoms with van der Waals surface area (Å²) >= 11 is 5.14. The fraction of sp³-hybridized carbons (Fsp3) is 0.125. The molecule has 8 heteroatoms. The summed E-state index contributed by atoms with van der Waals surface area (Å²) in [5, 5.41) is 2.23. The fourth-order valence-corrected chi connectivity index (χ4v) is 10.8. The average molecular weight is 809 g/mol. The molecule has 4 nitrogen and oxygen atoms in total. The van der Waals surface area contributed by atoms with Crippen molar-refractivity contribution in [1.29, 1.82) is 0 Å². The summed E-state index contributed by atoms with van der Waals surface area (Å²) in [7, 11) is 0. The molecule has 0 N–H and O–H groups in total. The first-order valence-corrected chi connectivity index (χ1v) is 21.2. The van der Waals surface area contributed by atoms with Crippen molar-refractivity contribution in [2.24, 2.45) is 0 Å². The van der Waals surface area contributed by atoms with Crippen LogP contribution in [0.3, 0.4) is 0 Å². The highest BCUT2D eigenvalue weighted by Crippen LogP contribution is 2.47. The van der Waals surface area contributed by atoms with E-state index in [1.54, 1.807) is 34.4 Å². The second-order valence-corrected chi connectivity index (χ2v) is 16.3. The van der Waals surface area contributed by atoms with Gasteiger partial charge in [0.25, 0.3) is 10.6 Å². The monoisotopic (exact) mass is 807 g/mol. The Bertz CT molecular complexity index is 2700. The average Bonchev–Trinajstić information content (AvgIpc) is 3.89. The van der Waals surface area contributed by atoms with Crippen molar-refractivity contribution < 1.29 is 17.0 Å². The van der Waals surface area contributed by atoms with E-state index in [1.165, 1.54) is 37.8 Å². The quantitative estimate of drug-likeness (QED) is 0.107. The zero-order valence-electron chi connectivity index (χ0n) is 31.6. The van der Waals surface area contributed by atoms with Gasteiger partial charge in [0.15, 0.2) is 0 Å². The number of allylic oxidation sites excluding steroid dienone is 1. The van der Waals surface area contributed by atoms with Gasteiger partial charge in [-0.3, -0.25) is 9.36 Å². The topological polar surface area (TPSA) is 29.1 Å². The Kier molecular flexibility index (Phi) is 12.4. The number of thioether (sulfide) groups is 1. The molecule has 0 aliphatic carbocycles. The van der Waals surface area contributed by atoms with E-state index in [0.29, 0.717) is 6.54 Å². The lowest BCUT2D eigenvalue weighted by Crippen LogP contribution is -3.00. The van der Waals surface area contributed by atoms with Gasteiger partial charge in [0, 0.05) is 29.1 Å². The standard InChI is InChI=1S/C48H42N3OS3.ClH/c1-4-49-40-30-29-35(28-27-34-19-11-7-12-20-34)31-41(40)53-42(49)32-39(36-21-13-8-14-22-36)47-48(52)51(6-3)44(55-47)33-43-50(5-2)45(37-23-15-9-16-24-37)46(54-43)38-25-17-10-18-26-38;/h7-33H,4-6H2,1-3H3;1H/q+1;/p-1/b28-27+,42-32?,47-39?;. The predicted molar refractivity (Wildman–Crippen MR) is 236 cm³/mol. The van der Waals surface area contributed by atoms with E-state index in [0.717, 1.165) is 49.0 Å². The Balaban J connectivity index is 0.00000480. The van der Waals surface area contributed by atoms with Crippen molar-refractivity contribution in [2.75, 3.05) is 11.4 Å². The third kappa shape index (κ3) is 7.91. The molecule has 0 spiro atoms. The Morgan fingerprint density at radius 1 is 0.696 bits per heavy atom. The molecular formula is C48H42ClN3OS3. The molecule has 7 aromatic rings. The molecule has 280 valence electrons. The third-order valence-corrected chi connectivity index (χ3v) is 13.2. The van der Waals surface area contributed by atoms with Crippen molar-refractivity contribution in [1.82, 2.24) is 4.57 Å². The number of aromatic nitrogens is 2. The summed E-state index contributed by atoms with van der Waals surface area (Å²) in [6, 6.07) is 48.7. The van der Waals surface area contributed by atoms with Crippen LogP contribution in [0.25, 0.3) is 45.5 Å². The van der Waals surface area contributed by atoms with E-state index in [-0.39, 0.29) is 18.0 Å². The summed E-state index contributed by atoms with van der Waals surface area (Å²) in [6.07, 6.45) is 8.79. The Morgan fingerprint density at radius 3 is 1.96 bits per heavy atom. The van der Waals surface area contributed by atoms with Crippen LogP contribution in [0.4, 0.5) is 5.69 Å². The van der Waals surface area contributed by atoms with E-state index < -0.39 is 0 Å². The molecule has 56 heavy (non-hydrogen) atoms. The summed E-state index contributed by atoms with van der Waals surface area (Å²) in [4.78, 5) is 19.3. The number of nitrogens with zero attached hydrogens (tertiary/aromatic N) is 3. The number of anilines is 1. The molecule has 0 radical (unpaired) electrons. The van der Waals surface area contributed by atoms with Crippen LogP contribution in [0.2, 0.25) is 0 Å². The molecule has 0 saturated heterocycles. The van der Waals surface area contributed by atoms with Gasteiger partial charge in [0.1, 0.15) is 20.6 Å². The number of benzene rings is 5. The minimum Gasteiger partial charge on any atom is -1.00 e. The van der Waals surface area contributed by atoms with Crippen LogP contribution in [0.15, 0.2) is 160 Å². The second-order valence-electron chi connectivity index (χ2n) is 13.1. The van der Waals surface area contributed by atoms with Gasteiger partial charge in [0.2, 0.25) is 5.69 Å². The minimum atomic E-state index is 0. The molecule has 3 heterocycles. The Morgan fingerprint density at radius 2 is 1.32 bits per heavy atom. The summed E-state index contributed by atoms with van der Waals surface area (Å²) in [5.74, 6) is 0. The predicted octanol–water partition coefficient (Wildman–Crippen LogP) is 7.31. The zero-order chi connectivity index (χ0) is 37.7. The van der Waals surface area contributed by atoms with Gasteiger partial charge in [0.05, 0.1) is 16.8 Å². The van der Waals surface area contributed by atoms with Crippen LogP contribution in [0.1, 0.15) is 42.5 Å². The van der Waals surface area contributed by atoms with Gasteiger partial charge in [-0.2, -0.15) is 4.57 Å². The maximum atomic E-state index is 14.5. The largest absolute Gasteiger partial charge is 1.00 e. The van der Waals surface area contributed by atoms with Crippen LogP contribution in [0.5, 0.6) is 0 Å². The van der Waals surface area contributed by atoms with Gasteiger partial charge >= 0.3 is 0 Å². The molecule has 0 fully saturated rings. The molecule has 0 amide bonds. The van der Waals surface area contributed by atoms with Crippen LogP contribution < -0.4 is 36.6 Å². The summed E-state index contributed by atoms with van der Waals surface area (Å²) in [6.45, 7) is 8.65. The number of rotatable bonds is 10. The van der Waals surface area contributed by atoms with Crippen molar-refractivity contribution in [3.05, 3.63) is 192 Å². The van der Waals surface area contributed by atoms with E-state index in [9.17, 15) is 4.79 Å². The third-order valence-electron chi connectivity index (χ3n) is 9.77. The van der Waals surface area contributed by atoms with Crippen molar-refractivity contribution >= 4 is 63.9 Å². The highest BCUT2D eigenvalue weighted by atomic mass is 35.5. The number of fused-ring (bicyclic) bond motifs is 1. The fourth-order valence-electron chi connectivity index (χ4n) is 7.08. The lowest BCUT2D eigenvalue weighted by molar-refractivity contribution is -0.679. The van der Waals surface area contributed by atoms with Crippen LogP contribution in [-0.4, -0.2) is 11.1 Å². The van der Waals surface area contributed by atoms with Gasteiger partial charge < -0.3 is 17.3 Å². The summed E-state index contributed by atoms with van der Waals surface area (Å²) < 4.78 is 6.02. The Labute approximate surface area is 347 Å². The van der Waals surface area contributed by atoms with E-state index >= 15 is 0 Å². The molecule has 0 saturated carbocycles. The summed E-state index contributed by atoms with van der Waals surface area (Å²) in [5.41, 5.74) is 9.11. The lowest BCUT2D eigenvalue weighted by Gasteiger charge is -2.18. The van der Waals surface area contributed by atoms with Gasteiger partial charge in [-0.25, -0.2) is 0 Å². The molecule has 0 unspecified atom stereocenters. The molecular weight excluding hydrogens is 766 g/mol. The first kappa shape index (κ1) is 39.1. The maximum absolute atomic E-state index is 14.5. The maximum Gasteiger partial charge on any atom is 0.269 e. The smallest absolute Gasteiger partial charge is 0.269 e. The number of halogens is 1. The van der Waals surface area contributed by atoms with Crippen molar-refractivity contribution in [3.8, 4) is 21.7 Å². The normalized spacial score (nSPS) is 14.0. The highest BCUT2D eigenvalue weighted by Gasteiger charge is 2.28. The molecule has 1 aliphatic rings. The molecule has 8 rings (SSSR count). The lowest BCUT2D eigenvalue weighted by atomic mass is 10.1. The molecule has 5 aromatic carbocycles. The first-order chi connectivity index (χ1) is 27.1. The van der Waals surface area contributed by atoms with Gasteiger partial charge in [-0.15, -0.1) is 11.3 Å². The molecule has 2 aromatic heterocycles. The van der Waals surface area contributed by atoms with Crippen LogP contribution in [0, 0.1) is 0 Å². The van der Waals surface area contributed by atoms with Crippen molar-refractivity contribution in [2.45, 2.75) is 38.8 Å². The number of hydrogen-bond acceptors (Lipinski definition) is 5. The second kappa shape index (κ2) is 17.7. The van der Waals surface area contributed by atoms with Crippen LogP contribution >= 0.6 is 34.4 Å². The zero-order valence-corrected chi connectivity index (χ0v) is 34.8. The van der Waals surface area contributed by atoms with Gasteiger partial charge in [-0.1, -0.05) is 151 Å². The van der Waals surface area contributed by atoms with E-state index in [1.807, 2.05) is 16.7 Å². The van der Waals surface area contributed by atoms with E-state index in [4.69, 9.17) is 0 Å². The molecule has 0 atom stereocenters. The number of hydrogen-bond donors (Lipinski definition) is 0. The van der Waals surface area contributed by atoms with Gasteiger partial charge in [-0.05, 0) is 73.4 Å². The minimum absolute atomic E-state index is 0. The molecule has 0 bridgehead atoms. The first-order valence-electron chi connectivity index (χ1n) is 18.8.